The second kappa shape index (κ2) is 4.08. The van der Waals surface area contributed by atoms with Crippen molar-refractivity contribution in [2.24, 2.45) is 0 Å². The van der Waals surface area contributed by atoms with Gasteiger partial charge in [0.2, 0.25) is 0 Å². The van der Waals surface area contributed by atoms with E-state index in [-0.39, 0.29) is 5.41 Å². The molecular weight excluding hydrogens is 198 g/mol. The molecule has 1 aromatic heterocycles. The van der Waals surface area contributed by atoms with Crippen molar-refractivity contribution in [3.05, 3.63) is 23.5 Å². The third-order valence-electron chi connectivity index (χ3n) is 2.86. The predicted molar refractivity (Wildman–Crippen MR) is 66.0 cm³/mol. The fraction of sp³-hybridized carbons (Fsp3) is 0.643. The molecule has 88 valence electrons. The molecular formula is C14H21NO. The van der Waals surface area contributed by atoms with E-state index >= 15 is 0 Å². The number of hydrogen-bond acceptors (Lipinski definition) is 2. The molecule has 0 saturated heterocycles. The molecule has 1 aliphatic carbocycles. The number of rotatable bonds is 3. The second-order valence-corrected chi connectivity index (χ2v) is 5.60. The summed E-state index contributed by atoms with van der Waals surface area (Å²) in [5.41, 5.74) is 2.62. The number of hydrogen-bond donors (Lipinski definition) is 0. The van der Waals surface area contributed by atoms with Crippen molar-refractivity contribution in [1.29, 1.82) is 0 Å². The summed E-state index contributed by atoms with van der Waals surface area (Å²) in [5.74, 6) is 0.937. The highest BCUT2D eigenvalue weighted by molar-refractivity contribution is 5.33. The van der Waals surface area contributed by atoms with Crippen LogP contribution < -0.4 is 4.74 Å². The molecule has 1 heterocycles. The molecule has 0 amide bonds. The van der Waals surface area contributed by atoms with Gasteiger partial charge in [0.25, 0.3) is 0 Å². The Morgan fingerprint density at radius 1 is 1.38 bits per heavy atom. The zero-order valence-electron chi connectivity index (χ0n) is 10.7. The summed E-state index contributed by atoms with van der Waals surface area (Å²) in [6.07, 6.45) is 5.73. The number of aromatic nitrogens is 1. The molecule has 16 heavy (non-hydrogen) atoms. The van der Waals surface area contributed by atoms with Gasteiger partial charge in [-0.15, -0.1) is 0 Å². The maximum absolute atomic E-state index is 5.77. The van der Waals surface area contributed by atoms with Crippen LogP contribution in [0.5, 0.6) is 5.75 Å². The number of nitrogens with zero attached hydrogens (tertiary/aromatic N) is 1. The average molecular weight is 219 g/mol. The zero-order valence-corrected chi connectivity index (χ0v) is 10.7. The van der Waals surface area contributed by atoms with Crippen LogP contribution in [-0.2, 0) is 11.8 Å². The maximum atomic E-state index is 5.77. The fourth-order valence-electron chi connectivity index (χ4n) is 1.88. The quantitative estimate of drug-likeness (QED) is 0.776. The first kappa shape index (κ1) is 11.4. The lowest BCUT2D eigenvalue weighted by atomic mass is 9.87. The van der Waals surface area contributed by atoms with Gasteiger partial charge < -0.3 is 4.74 Å². The highest BCUT2D eigenvalue weighted by Gasteiger charge is 2.25. The van der Waals surface area contributed by atoms with E-state index in [1.807, 2.05) is 6.20 Å². The van der Waals surface area contributed by atoms with Crippen LogP contribution in [0.15, 0.2) is 12.3 Å². The zero-order chi connectivity index (χ0) is 11.8. The molecule has 0 bridgehead atoms. The van der Waals surface area contributed by atoms with E-state index in [9.17, 15) is 0 Å². The van der Waals surface area contributed by atoms with E-state index in [0.717, 1.165) is 12.2 Å². The van der Waals surface area contributed by atoms with Gasteiger partial charge in [0.1, 0.15) is 5.75 Å². The summed E-state index contributed by atoms with van der Waals surface area (Å²) < 4.78 is 5.77. The first-order chi connectivity index (χ1) is 7.50. The van der Waals surface area contributed by atoms with Crippen molar-refractivity contribution in [1.82, 2.24) is 4.98 Å². The molecule has 0 aromatic carbocycles. The first-order valence-electron chi connectivity index (χ1n) is 6.16. The molecule has 0 spiro atoms. The van der Waals surface area contributed by atoms with Crippen molar-refractivity contribution in [3.63, 3.8) is 0 Å². The van der Waals surface area contributed by atoms with Crippen LogP contribution in [0, 0.1) is 0 Å². The van der Waals surface area contributed by atoms with Gasteiger partial charge in [-0.25, -0.2) is 0 Å². The van der Waals surface area contributed by atoms with Crippen LogP contribution >= 0.6 is 0 Å². The molecule has 1 fully saturated rings. The Morgan fingerprint density at radius 2 is 2.06 bits per heavy atom. The van der Waals surface area contributed by atoms with E-state index in [1.54, 1.807) is 0 Å². The molecule has 0 N–H and O–H groups in total. The van der Waals surface area contributed by atoms with E-state index in [2.05, 4.69) is 38.7 Å². The standard InChI is InChI=1S/C14H21NO/c1-5-10-8-12(16-11-6-7-11)9-15-13(10)14(2,3)4/h8-9,11H,5-7H2,1-4H3. The Balaban J connectivity index is 2.26. The Labute approximate surface area is 98.0 Å². The van der Waals surface area contributed by atoms with Crippen LogP contribution in [-0.4, -0.2) is 11.1 Å². The first-order valence-corrected chi connectivity index (χ1v) is 6.16. The molecule has 2 rings (SSSR count). The molecule has 1 aromatic rings. The minimum atomic E-state index is 0.115. The lowest BCUT2D eigenvalue weighted by Gasteiger charge is -2.21. The van der Waals surface area contributed by atoms with Crippen molar-refractivity contribution < 1.29 is 4.74 Å². The average Bonchev–Trinajstić information content (AvgIpc) is 3.00. The Kier molecular flexibility index (Phi) is 2.92. The highest BCUT2D eigenvalue weighted by Crippen LogP contribution is 2.30. The molecule has 0 unspecified atom stereocenters. The third kappa shape index (κ3) is 2.55. The van der Waals surface area contributed by atoms with Gasteiger partial charge in [-0.05, 0) is 30.9 Å². The summed E-state index contributed by atoms with van der Waals surface area (Å²) in [6, 6.07) is 2.16. The van der Waals surface area contributed by atoms with Gasteiger partial charge >= 0.3 is 0 Å². The highest BCUT2D eigenvalue weighted by atomic mass is 16.5. The predicted octanol–water partition coefficient (Wildman–Crippen LogP) is 3.48. The number of aryl methyl sites for hydroxylation is 1. The molecule has 1 saturated carbocycles. The Bertz CT molecular complexity index is 375. The second-order valence-electron chi connectivity index (χ2n) is 5.60. The van der Waals surface area contributed by atoms with Crippen molar-refractivity contribution in [3.8, 4) is 5.75 Å². The number of pyridine rings is 1. The van der Waals surface area contributed by atoms with Gasteiger partial charge in [0.15, 0.2) is 0 Å². The fourth-order valence-corrected chi connectivity index (χ4v) is 1.88. The Hall–Kier alpha value is -1.05. The molecule has 0 atom stereocenters. The minimum Gasteiger partial charge on any atom is -0.489 e. The monoisotopic (exact) mass is 219 g/mol. The summed E-state index contributed by atoms with van der Waals surface area (Å²) in [6.45, 7) is 8.79. The smallest absolute Gasteiger partial charge is 0.138 e. The van der Waals surface area contributed by atoms with Crippen LogP contribution in [0.1, 0.15) is 51.8 Å². The summed E-state index contributed by atoms with van der Waals surface area (Å²) in [4.78, 5) is 4.58. The third-order valence-corrected chi connectivity index (χ3v) is 2.86. The topological polar surface area (TPSA) is 22.1 Å². The minimum absolute atomic E-state index is 0.115. The normalized spacial score (nSPS) is 16.2. The summed E-state index contributed by atoms with van der Waals surface area (Å²) in [5, 5.41) is 0. The largest absolute Gasteiger partial charge is 0.489 e. The lowest BCUT2D eigenvalue weighted by Crippen LogP contribution is -2.16. The van der Waals surface area contributed by atoms with E-state index < -0.39 is 0 Å². The van der Waals surface area contributed by atoms with Gasteiger partial charge in [0.05, 0.1) is 12.3 Å². The van der Waals surface area contributed by atoms with E-state index in [0.29, 0.717) is 6.10 Å². The van der Waals surface area contributed by atoms with E-state index in [4.69, 9.17) is 4.74 Å². The van der Waals surface area contributed by atoms with Crippen molar-refractivity contribution in [2.75, 3.05) is 0 Å². The molecule has 2 heteroatoms. The lowest BCUT2D eigenvalue weighted by molar-refractivity contribution is 0.301. The molecule has 0 radical (unpaired) electrons. The summed E-state index contributed by atoms with van der Waals surface area (Å²) >= 11 is 0. The molecule has 2 nitrogen and oxygen atoms in total. The maximum Gasteiger partial charge on any atom is 0.138 e. The SMILES string of the molecule is CCc1cc(OC2CC2)cnc1C(C)(C)C. The van der Waals surface area contributed by atoms with Crippen molar-refractivity contribution in [2.45, 2.75) is 58.5 Å². The van der Waals surface area contributed by atoms with Gasteiger partial charge in [-0.3, -0.25) is 4.98 Å². The van der Waals surface area contributed by atoms with Gasteiger partial charge in [0, 0.05) is 11.1 Å². The Morgan fingerprint density at radius 3 is 2.56 bits per heavy atom. The molecule has 1 aliphatic rings. The van der Waals surface area contributed by atoms with Gasteiger partial charge in [-0.1, -0.05) is 27.7 Å². The summed E-state index contributed by atoms with van der Waals surface area (Å²) in [7, 11) is 0. The van der Waals surface area contributed by atoms with Gasteiger partial charge in [-0.2, -0.15) is 0 Å². The number of ether oxygens (including phenoxy) is 1. The van der Waals surface area contributed by atoms with Crippen LogP contribution in [0.3, 0.4) is 0 Å². The van der Waals surface area contributed by atoms with Crippen LogP contribution in [0.2, 0.25) is 0 Å². The van der Waals surface area contributed by atoms with E-state index in [1.165, 1.54) is 24.1 Å². The van der Waals surface area contributed by atoms with Crippen LogP contribution in [0.25, 0.3) is 0 Å². The molecule has 0 aliphatic heterocycles. The van der Waals surface area contributed by atoms with Crippen molar-refractivity contribution >= 4 is 0 Å². The van der Waals surface area contributed by atoms with Crippen LogP contribution in [0.4, 0.5) is 0 Å².